The Morgan fingerprint density at radius 1 is 0.889 bits per heavy atom. The summed E-state index contributed by atoms with van der Waals surface area (Å²) in [5.74, 6) is -0.797. The number of allylic oxidation sites excluding steroid dienone is 1. The number of likely N-dealkylation sites (tertiary alicyclic amines) is 1. The Bertz CT molecular complexity index is 761. The fourth-order valence-electron chi connectivity index (χ4n) is 3.56. The minimum atomic E-state index is -0.616. The maximum atomic E-state index is 13.0. The van der Waals surface area contributed by atoms with Gasteiger partial charge in [-0.05, 0) is 50.5 Å². The van der Waals surface area contributed by atoms with Gasteiger partial charge in [0.2, 0.25) is 0 Å². The standard InChI is InChI=1S/C24H27NO2/c26-23(15-14-20-10-4-1-5-11-20)22(16-19-25-17-8-3-9-18-25)24(27)21-12-6-2-7-13-21/h1-2,4-7,10-15,22H,3,8-9,16-19H2. The van der Waals surface area contributed by atoms with Gasteiger partial charge in [0, 0.05) is 5.56 Å². The molecule has 1 unspecified atom stereocenters. The van der Waals surface area contributed by atoms with Crippen LogP contribution in [-0.4, -0.2) is 36.1 Å². The Morgan fingerprint density at radius 3 is 2.19 bits per heavy atom. The van der Waals surface area contributed by atoms with Gasteiger partial charge in [-0.1, -0.05) is 73.2 Å². The summed E-state index contributed by atoms with van der Waals surface area (Å²) in [6, 6.07) is 18.9. The largest absolute Gasteiger partial charge is 0.303 e. The van der Waals surface area contributed by atoms with Crippen molar-refractivity contribution in [3.8, 4) is 0 Å². The Kier molecular flexibility index (Phi) is 7.11. The summed E-state index contributed by atoms with van der Waals surface area (Å²) in [4.78, 5) is 28.3. The lowest BCUT2D eigenvalue weighted by Gasteiger charge is -2.27. The first-order chi connectivity index (χ1) is 13.2. The zero-order valence-corrected chi connectivity index (χ0v) is 15.7. The van der Waals surface area contributed by atoms with Gasteiger partial charge in [0.25, 0.3) is 0 Å². The molecule has 3 nitrogen and oxygen atoms in total. The maximum Gasteiger partial charge on any atom is 0.173 e. The van der Waals surface area contributed by atoms with Crippen molar-refractivity contribution in [3.63, 3.8) is 0 Å². The minimum absolute atomic E-state index is 0.0738. The van der Waals surface area contributed by atoms with E-state index in [0.29, 0.717) is 12.0 Å². The normalized spacial score (nSPS) is 16.3. The predicted molar refractivity (Wildman–Crippen MR) is 110 cm³/mol. The molecule has 140 valence electrons. The van der Waals surface area contributed by atoms with E-state index in [2.05, 4.69) is 4.90 Å². The van der Waals surface area contributed by atoms with E-state index in [1.165, 1.54) is 19.3 Å². The third kappa shape index (κ3) is 5.73. The molecule has 0 amide bonds. The fraction of sp³-hybridized carbons (Fsp3) is 0.333. The van der Waals surface area contributed by atoms with Gasteiger partial charge < -0.3 is 4.90 Å². The Balaban J connectivity index is 1.72. The van der Waals surface area contributed by atoms with Gasteiger partial charge in [0.15, 0.2) is 11.6 Å². The molecule has 1 aliphatic rings. The Labute approximate surface area is 161 Å². The van der Waals surface area contributed by atoms with Crippen molar-refractivity contribution >= 4 is 17.6 Å². The minimum Gasteiger partial charge on any atom is -0.303 e. The Hall–Kier alpha value is -2.52. The highest BCUT2D eigenvalue weighted by molar-refractivity contribution is 6.14. The van der Waals surface area contributed by atoms with Crippen molar-refractivity contribution in [1.82, 2.24) is 4.90 Å². The number of rotatable bonds is 8. The number of carbonyl (C=O) groups excluding carboxylic acids is 2. The molecule has 0 saturated carbocycles. The van der Waals surface area contributed by atoms with E-state index in [-0.39, 0.29) is 11.6 Å². The number of ketones is 2. The van der Waals surface area contributed by atoms with Crippen LogP contribution in [0.3, 0.4) is 0 Å². The van der Waals surface area contributed by atoms with Gasteiger partial charge in [-0.2, -0.15) is 0 Å². The van der Waals surface area contributed by atoms with Crippen LogP contribution in [0.15, 0.2) is 66.7 Å². The molecule has 2 aromatic rings. The van der Waals surface area contributed by atoms with Gasteiger partial charge in [0.1, 0.15) is 0 Å². The quantitative estimate of drug-likeness (QED) is 0.390. The van der Waals surface area contributed by atoms with Crippen molar-refractivity contribution in [2.45, 2.75) is 25.7 Å². The van der Waals surface area contributed by atoms with Crippen molar-refractivity contribution in [2.24, 2.45) is 5.92 Å². The number of piperidine rings is 1. The number of carbonyl (C=O) groups is 2. The molecule has 0 radical (unpaired) electrons. The molecule has 0 spiro atoms. The van der Waals surface area contributed by atoms with Crippen LogP contribution in [0.1, 0.15) is 41.6 Å². The second kappa shape index (κ2) is 9.98. The number of benzene rings is 2. The van der Waals surface area contributed by atoms with Crippen molar-refractivity contribution in [2.75, 3.05) is 19.6 Å². The van der Waals surface area contributed by atoms with Crippen LogP contribution in [0.4, 0.5) is 0 Å². The zero-order valence-electron chi connectivity index (χ0n) is 15.7. The third-order valence-corrected chi connectivity index (χ3v) is 5.14. The van der Waals surface area contributed by atoms with E-state index in [4.69, 9.17) is 0 Å². The summed E-state index contributed by atoms with van der Waals surface area (Å²) in [7, 11) is 0. The van der Waals surface area contributed by atoms with Crippen molar-refractivity contribution in [1.29, 1.82) is 0 Å². The molecule has 0 N–H and O–H groups in total. The van der Waals surface area contributed by atoms with Crippen LogP contribution in [0, 0.1) is 5.92 Å². The molecular formula is C24H27NO2. The molecule has 3 heteroatoms. The Morgan fingerprint density at radius 2 is 1.52 bits per heavy atom. The summed E-state index contributed by atoms with van der Waals surface area (Å²) < 4.78 is 0. The highest BCUT2D eigenvalue weighted by atomic mass is 16.1. The molecule has 0 aromatic heterocycles. The summed E-state index contributed by atoms with van der Waals surface area (Å²) in [6.07, 6.45) is 7.64. The van der Waals surface area contributed by atoms with E-state index in [0.717, 1.165) is 25.2 Å². The lowest BCUT2D eigenvalue weighted by Crippen LogP contribution is -2.34. The lowest BCUT2D eigenvalue weighted by molar-refractivity contribution is -0.117. The van der Waals surface area contributed by atoms with E-state index in [1.54, 1.807) is 24.3 Å². The molecule has 3 rings (SSSR count). The molecule has 1 saturated heterocycles. The summed E-state index contributed by atoms with van der Waals surface area (Å²) in [5, 5.41) is 0. The van der Waals surface area contributed by atoms with Crippen molar-refractivity contribution in [3.05, 3.63) is 77.9 Å². The van der Waals surface area contributed by atoms with Crippen molar-refractivity contribution < 1.29 is 9.59 Å². The lowest BCUT2D eigenvalue weighted by atomic mass is 9.90. The molecule has 1 aliphatic heterocycles. The van der Waals surface area contributed by atoms with Gasteiger partial charge in [-0.25, -0.2) is 0 Å². The first kappa shape index (κ1) is 19.2. The average Bonchev–Trinajstić information content (AvgIpc) is 2.74. The molecule has 1 heterocycles. The van der Waals surface area contributed by atoms with Crippen LogP contribution in [0.25, 0.3) is 6.08 Å². The molecule has 1 atom stereocenters. The monoisotopic (exact) mass is 361 g/mol. The number of hydrogen-bond acceptors (Lipinski definition) is 3. The van der Waals surface area contributed by atoms with Gasteiger partial charge in [-0.15, -0.1) is 0 Å². The van der Waals surface area contributed by atoms with Crippen LogP contribution in [-0.2, 0) is 4.79 Å². The average molecular weight is 361 g/mol. The highest BCUT2D eigenvalue weighted by Crippen LogP contribution is 2.18. The van der Waals surface area contributed by atoms with Gasteiger partial charge in [0.05, 0.1) is 5.92 Å². The van der Waals surface area contributed by atoms with E-state index in [1.807, 2.05) is 48.5 Å². The van der Waals surface area contributed by atoms with Crippen LogP contribution in [0.2, 0.25) is 0 Å². The summed E-state index contributed by atoms with van der Waals surface area (Å²) in [5.41, 5.74) is 1.58. The van der Waals surface area contributed by atoms with Crippen LogP contribution in [0.5, 0.6) is 0 Å². The second-order valence-electron chi connectivity index (χ2n) is 7.12. The molecule has 27 heavy (non-hydrogen) atoms. The molecule has 2 aromatic carbocycles. The first-order valence-corrected chi connectivity index (χ1v) is 9.82. The van der Waals surface area contributed by atoms with Crippen LogP contribution < -0.4 is 0 Å². The van der Waals surface area contributed by atoms with Gasteiger partial charge >= 0.3 is 0 Å². The zero-order chi connectivity index (χ0) is 18.9. The number of nitrogens with zero attached hydrogens (tertiary/aromatic N) is 1. The van der Waals surface area contributed by atoms with Gasteiger partial charge in [-0.3, -0.25) is 9.59 Å². The number of hydrogen-bond donors (Lipinski definition) is 0. The smallest absolute Gasteiger partial charge is 0.173 e. The predicted octanol–water partition coefficient (Wildman–Crippen LogP) is 4.64. The molecule has 0 aliphatic carbocycles. The molecule has 0 bridgehead atoms. The topological polar surface area (TPSA) is 37.4 Å². The summed E-state index contributed by atoms with van der Waals surface area (Å²) in [6.45, 7) is 2.94. The molecular weight excluding hydrogens is 334 g/mol. The third-order valence-electron chi connectivity index (χ3n) is 5.14. The molecule has 1 fully saturated rings. The fourth-order valence-corrected chi connectivity index (χ4v) is 3.56. The first-order valence-electron chi connectivity index (χ1n) is 9.82. The van der Waals surface area contributed by atoms with Crippen LogP contribution >= 0.6 is 0 Å². The maximum absolute atomic E-state index is 13.0. The van der Waals surface area contributed by atoms with E-state index >= 15 is 0 Å². The van der Waals surface area contributed by atoms with E-state index < -0.39 is 5.92 Å². The SMILES string of the molecule is O=C(C=Cc1ccccc1)C(CCN1CCCCC1)C(=O)c1ccccc1. The highest BCUT2D eigenvalue weighted by Gasteiger charge is 2.26. The summed E-state index contributed by atoms with van der Waals surface area (Å²) >= 11 is 0. The van der Waals surface area contributed by atoms with E-state index in [9.17, 15) is 9.59 Å². The second-order valence-corrected chi connectivity index (χ2v) is 7.12. The number of Topliss-reactive ketones (excluding diaryl/α,β-unsaturated/α-hetero) is 1.